The van der Waals surface area contributed by atoms with E-state index in [-0.39, 0.29) is 12.7 Å². The number of ether oxygens (including phenoxy) is 4. The average Bonchev–Trinajstić information content (AvgIpc) is 3.08. The van der Waals surface area contributed by atoms with Crippen molar-refractivity contribution < 1.29 is 18.9 Å². The van der Waals surface area contributed by atoms with Gasteiger partial charge < -0.3 is 18.9 Å². The van der Waals surface area contributed by atoms with Crippen molar-refractivity contribution in [3.63, 3.8) is 0 Å². The number of rotatable bonds is 6. The number of hydrogen-bond donors (Lipinski definition) is 0. The fourth-order valence-corrected chi connectivity index (χ4v) is 2.71. The Hall–Kier alpha value is -2.62. The Labute approximate surface area is 142 Å². The topological polar surface area (TPSA) is 36.9 Å². The quantitative estimate of drug-likeness (QED) is 0.731. The summed E-state index contributed by atoms with van der Waals surface area (Å²) in [6.07, 6.45) is 3.95. The lowest BCUT2D eigenvalue weighted by atomic mass is 9.92. The van der Waals surface area contributed by atoms with Crippen LogP contribution in [0.5, 0.6) is 23.0 Å². The number of allylic oxidation sites excluding steroid dienone is 1. The summed E-state index contributed by atoms with van der Waals surface area (Å²) in [5, 5.41) is 0. The van der Waals surface area contributed by atoms with Crippen molar-refractivity contribution in [2.45, 2.75) is 19.8 Å². The molecule has 1 atom stereocenters. The largest absolute Gasteiger partial charge is 0.497 e. The normalized spacial score (nSPS) is 14.0. The van der Waals surface area contributed by atoms with Gasteiger partial charge in [0.2, 0.25) is 6.79 Å². The minimum absolute atomic E-state index is 0.158. The maximum absolute atomic E-state index is 5.94. The standard InChI is InChI=1S/C20H22O4/c1-4-5-10-22-18-12-20-19(23-13-24-20)11-17(18)14(2)15-6-8-16(21-3)9-7-15/h4-9,11-12,14H,10,13H2,1-3H3/b5-4+. The highest BCUT2D eigenvalue weighted by molar-refractivity contribution is 5.54. The maximum atomic E-state index is 5.94. The van der Waals surface area contributed by atoms with Crippen LogP contribution in [0.4, 0.5) is 0 Å². The van der Waals surface area contributed by atoms with Gasteiger partial charge in [-0.3, -0.25) is 0 Å². The SMILES string of the molecule is C/C=C/COc1cc2c(cc1C(C)c1ccc(OC)cc1)OCO2. The van der Waals surface area contributed by atoms with Crippen LogP contribution in [-0.2, 0) is 0 Å². The zero-order valence-corrected chi connectivity index (χ0v) is 14.2. The van der Waals surface area contributed by atoms with Crippen LogP contribution in [0.1, 0.15) is 30.9 Å². The minimum atomic E-state index is 0.158. The zero-order chi connectivity index (χ0) is 16.9. The van der Waals surface area contributed by atoms with E-state index in [1.807, 2.05) is 43.3 Å². The Morgan fingerprint density at radius 1 is 1.12 bits per heavy atom. The third-order valence-electron chi connectivity index (χ3n) is 4.16. The number of hydrogen-bond acceptors (Lipinski definition) is 4. The van der Waals surface area contributed by atoms with Gasteiger partial charge in [0.1, 0.15) is 18.1 Å². The molecule has 1 unspecified atom stereocenters. The van der Waals surface area contributed by atoms with Crippen molar-refractivity contribution in [3.8, 4) is 23.0 Å². The van der Waals surface area contributed by atoms with Crippen LogP contribution < -0.4 is 18.9 Å². The van der Waals surface area contributed by atoms with Crippen LogP contribution in [0.2, 0.25) is 0 Å². The molecule has 3 rings (SSSR count). The van der Waals surface area contributed by atoms with Crippen molar-refractivity contribution in [2.24, 2.45) is 0 Å². The van der Waals surface area contributed by atoms with Gasteiger partial charge >= 0.3 is 0 Å². The molecule has 0 spiro atoms. The molecule has 4 nitrogen and oxygen atoms in total. The van der Waals surface area contributed by atoms with E-state index >= 15 is 0 Å². The molecule has 24 heavy (non-hydrogen) atoms. The first-order valence-corrected chi connectivity index (χ1v) is 8.04. The molecule has 2 aromatic rings. The Bertz CT molecular complexity index is 719. The summed E-state index contributed by atoms with van der Waals surface area (Å²) in [6.45, 7) is 4.91. The first-order valence-electron chi connectivity index (χ1n) is 8.04. The molecule has 126 valence electrons. The van der Waals surface area contributed by atoms with E-state index in [4.69, 9.17) is 18.9 Å². The summed E-state index contributed by atoms with van der Waals surface area (Å²) in [4.78, 5) is 0. The van der Waals surface area contributed by atoms with Gasteiger partial charge in [0.15, 0.2) is 11.5 Å². The van der Waals surface area contributed by atoms with Gasteiger partial charge in [0.25, 0.3) is 0 Å². The summed E-state index contributed by atoms with van der Waals surface area (Å²) in [7, 11) is 1.67. The predicted octanol–water partition coefficient (Wildman–Crippen LogP) is 4.53. The molecular formula is C20H22O4. The highest BCUT2D eigenvalue weighted by atomic mass is 16.7. The second kappa shape index (κ2) is 7.30. The number of benzene rings is 2. The van der Waals surface area contributed by atoms with E-state index in [0.717, 1.165) is 28.6 Å². The van der Waals surface area contributed by atoms with Crippen LogP contribution >= 0.6 is 0 Å². The van der Waals surface area contributed by atoms with Crippen LogP contribution in [0.15, 0.2) is 48.6 Å². The molecule has 0 bridgehead atoms. The van der Waals surface area contributed by atoms with Gasteiger partial charge in [-0.15, -0.1) is 0 Å². The van der Waals surface area contributed by atoms with Gasteiger partial charge in [0, 0.05) is 17.5 Å². The lowest BCUT2D eigenvalue weighted by molar-refractivity contribution is 0.174. The van der Waals surface area contributed by atoms with Crippen LogP contribution in [0, 0.1) is 0 Å². The fourth-order valence-electron chi connectivity index (χ4n) is 2.71. The van der Waals surface area contributed by atoms with E-state index in [0.29, 0.717) is 6.61 Å². The molecule has 0 aliphatic carbocycles. The van der Waals surface area contributed by atoms with Gasteiger partial charge in [-0.2, -0.15) is 0 Å². The van der Waals surface area contributed by atoms with Crippen molar-refractivity contribution in [1.82, 2.24) is 0 Å². The summed E-state index contributed by atoms with van der Waals surface area (Å²) >= 11 is 0. The first kappa shape index (κ1) is 16.2. The molecule has 0 fully saturated rings. The minimum Gasteiger partial charge on any atom is -0.497 e. The molecule has 0 saturated heterocycles. The van der Waals surface area contributed by atoms with E-state index < -0.39 is 0 Å². The Kier molecular flexibility index (Phi) is 4.94. The lowest BCUT2D eigenvalue weighted by Crippen LogP contribution is -2.02. The van der Waals surface area contributed by atoms with Crippen molar-refractivity contribution >= 4 is 0 Å². The molecule has 0 N–H and O–H groups in total. The van der Waals surface area contributed by atoms with Crippen molar-refractivity contribution in [3.05, 3.63) is 59.7 Å². The van der Waals surface area contributed by atoms with Gasteiger partial charge in [-0.1, -0.05) is 31.2 Å². The summed E-state index contributed by atoms with van der Waals surface area (Å²) < 4.78 is 22.2. The third kappa shape index (κ3) is 3.32. The van der Waals surface area contributed by atoms with Gasteiger partial charge in [-0.05, 0) is 30.7 Å². The van der Waals surface area contributed by atoms with E-state index in [2.05, 4.69) is 19.1 Å². The summed E-state index contributed by atoms with van der Waals surface area (Å²) in [5.41, 5.74) is 2.26. The molecule has 1 aliphatic heterocycles. The van der Waals surface area contributed by atoms with Gasteiger partial charge in [0.05, 0.1) is 7.11 Å². The van der Waals surface area contributed by atoms with Crippen molar-refractivity contribution in [1.29, 1.82) is 0 Å². The second-order valence-electron chi connectivity index (χ2n) is 5.62. The molecule has 0 radical (unpaired) electrons. The molecule has 1 heterocycles. The highest BCUT2D eigenvalue weighted by Crippen LogP contribution is 2.42. The maximum Gasteiger partial charge on any atom is 0.231 e. The van der Waals surface area contributed by atoms with Crippen molar-refractivity contribution in [2.75, 3.05) is 20.5 Å². The lowest BCUT2D eigenvalue weighted by Gasteiger charge is -2.18. The number of methoxy groups -OCH3 is 1. The second-order valence-corrected chi connectivity index (χ2v) is 5.62. The molecule has 1 aliphatic rings. The first-order chi connectivity index (χ1) is 11.7. The van der Waals surface area contributed by atoms with E-state index in [1.165, 1.54) is 5.56 Å². The van der Waals surface area contributed by atoms with Crippen LogP contribution in [0.25, 0.3) is 0 Å². The number of fused-ring (bicyclic) bond motifs is 1. The molecule has 0 aromatic heterocycles. The molecule has 0 amide bonds. The Morgan fingerprint density at radius 3 is 2.50 bits per heavy atom. The van der Waals surface area contributed by atoms with E-state index in [1.54, 1.807) is 7.11 Å². The molecule has 2 aromatic carbocycles. The Morgan fingerprint density at radius 2 is 1.83 bits per heavy atom. The predicted molar refractivity (Wildman–Crippen MR) is 93.4 cm³/mol. The summed E-state index contributed by atoms with van der Waals surface area (Å²) in [6, 6.07) is 12.0. The fraction of sp³-hybridized carbons (Fsp3) is 0.300. The Balaban J connectivity index is 1.94. The molecule has 4 heteroatoms. The molecular weight excluding hydrogens is 304 g/mol. The van der Waals surface area contributed by atoms with Gasteiger partial charge in [-0.25, -0.2) is 0 Å². The third-order valence-corrected chi connectivity index (χ3v) is 4.16. The van der Waals surface area contributed by atoms with E-state index in [9.17, 15) is 0 Å². The summed E-state index contributed by atoms with van der Waals surface area (Å²) in [5.74, 6) is 3.33. The molecule has 0 saturated carbocycles. The van der Waals surface area contributed by atoms with Crippen LogP contribution in [0.3, 0.4) is 0 Å². The smallest absolute Gasteiger partial charge is 0.231 e. The van der Waals surface area contributed by atoms with Crippen LogP contribution in [-0.4, -0.2) is 20.5 Å². The monoisotopic (exact) mass is 326 g/mol. The highest BCUT2D eigenvalue weighted by Gasteiger charge is 2.22. The average molecular weight is 326 g/mol. The zero-order valence-electron chi connectivity index (χ0n) is 14.2.